The first-order valence-electron chi connectivity index (χ1n) is 13.5. The Kier molecular flexibility index (Phi) is 14.2. The summed E-state index contributed by atoms with van der Waals surface area (Å²) in [6.07, 6.45) is 28.5. The van der Waals surface area contributed by atoms with Crippen LogP contribution in [0.15, 0.2) is 24.3 Å². The van der Waals surface area contributed by atoms with Gasteiger partial charge in [0, 0.05) is 0 Å². The van der Waals surface area contributed by atoms with E-state index in [1.165, 1.54) is 134 Å². The van der Waals surface area contributed by atoms with E-state index in [-0.39, 0.29) is 5.82 Å². The number of unbranched alkanes of at least 4 members (excludes halogenated alkanes) is 14. The van der Waals surface area contributed by atoms with Gasteiger partial charge < -0.3 is 0 Å². The largest absolute Gasteiger partial charge is 0.207 e. The monoisotopic (exact) mass is 416 g/mol. The molecule has 1 saturated carbocycles. The highest BCUT2D eigenvalue weighted by molar-refractivity contribution is 5.20. The highest BCUT2D eigenvalue weighted by Crippen LogP contribution is 2.37. The Balaban J connectivity index is 1.33. The summed E-state index contributed by atoms with van der Waals surface area (Å²) in [5.41, 5.74) is 1.35. The summed E-state index contributed by atoms with van der Waals surface area (Å²) < 4.78 is 13.1. The van der Waals surface area contributed by atoms with E-state index in [1.807, 2.05) is 12.1 Å². The summed E-state index contributed by atoms with van der Waals surface area (Å²) in [5.74, 6) is 1.51. The summed E-state index contributed by atoms with van der Waals surface area (Å²) >= 11 is 0. The maximum Gasteiger partial charge on any atom is 0.123 e. The zero-order valence-corrected chi connectivity index (χ0v) is 20.0. The molecular formula is C29H49F. The minimum atomic E-state index is -0.111. The van der Waals surface area contributed by atoms with E-state index in [0.29, 0.717) is 5.92 Å². The summed E-state index contributed by atoms with van der Waals surface area (Å²) in [5, 5.41) is 0. The van der Waals surface area contributed by atoms with Crippen LogP contribution in [0.4, 0.5) is 4.39 Å². The van der Waals surface area contributed by atoms with Gasteiger partial charge in [-0.3, -0.25) is 0 Å². The molecule has 30 heavy (non-hydrogen) atoms. The summed E-state index contributed by atoms with van der Waals surface area (Å²) in [4.78, 5) is 0. The standard InChI is InChI=1S/C29H49F/c1-2-3-4-5-6-7-8-9-10-11-12-13-14-15-16-17-26-18-20-27(21-19-26)28-22-24-29(30)25-23-28/h22-27H,2-21H2,1H3. The van der Waals surface area contributed by atoms with Crippen LogP contribution in [-0.2, 0) is 0 Å². The van der Waals surface area contributed by atoms with Crippen LogP contribution in [0.2, 0.25) is 0 Å². The average molecular weight is 417 g/mol. The number of rotatable bonds is 17. The summed E-state index contributed by atoms with van der Waals surface area (Å²) in [7, 11) is 0. The van der Waals surface area contributed by atoms with Crippen LogP contribution in [0.25, 0.3) is 0 Å². The van der Waals surface area contributed by atoms with Gasteiger partial charge in [-0.25, -0.2) is 4.39 Å². The van der Waals surface area contributed by atoms with Gasteiger partial charge in [-0.05, 0) is 55.2 Å². The van der Waals surface area contributed by atoms with Crippen LogP contribution in [0.3, 0.4) is 0 Å². The second-order valence-corrected chi connectivity index (χ2v) is 10.0. The van der Waals surface area contributed by atoms with Gasteiger partial charge in [0.1, 0.15) is 5.82 Å². The van der Waals surface area contributed by atoms with Crippen molar-refractivity contribution in [1.82, 2.24) is 0 Å². The van der Waals surface area contributed by atoms with Crippen LogP contribution in [-0.4, -0.2) is 0 Å². The first-order valence-corrected chi connectivity index (χ1v) is 13.5. The van der Waals surface area contributed by atoms with Crippen molar-refractivity contribution in [2.24, 2.45) is 5.92 Å². The molecule has 0 aromatic heterocycles. The van der Waals surface area contributed by atoms with Gasteiger partial charge in [-0.2, -0.15) is 0 Å². The molecule has 0 amide bonds. The molecule has 2 rings (SSSR count). The van der Waals surface area contributed by atoms with E-state index in [9.17, 15) is 4.39 Å². The Morgan fingerprint density at radius 1 is 0.600 bits per heavy atom. The first kappa shape index (κ1) is 25.4. The molecule has 1 aliphatic carbocycles. The zero-order chi connectivity index (χ0) is 21.3. The molecule has 1 heteroatoms. The van der Waals surface area contributed by atoms with Crippen molar-refractivity contribution in [3.63, 3.8) is 0 Å². The Labute approximate surface area is 187 Å². The predicted octanol–water partition coefficient (Wildman–Crippen LogP) is 10.4. The molecule has 0 nitrogen and oxygen atoms in total. The molecule has 1 fully saturated rings. The lowest BCUT2D eigenvalue weighted by molar-refractivity contribution is 0.301. The van der Waals surface area contributed by atoms with Gasteiger partial charge in [0.15, 0.2) is 0 Å². The molecule has 0 unspecified atom stereocenters. The SMILES string of the molecule is CCCCCCCCCCCCCCCCCC1CCC(c2ccc(F)cc2)CC1. The van der Waals surface area contributed by atoms with Gasteiger partial charge >= 0.3 is 0 Å². The molecule has 1 aliphatic rings. The number of hydrogen-bond donors (Lipinski definition) is 0. The van der Waals surface area contributed by atoms with Crippen molar-refractivity contribution < 1.29 is 4.39 Å². The van der Waals surface area contributed by atoms with E-state index in [0.717, 1.165) is 5.92 Å². The van der Waals surface area contributed by atoms with E-state index < -0.39 is 0 Å². The van der Waals surface area contributed by atoms with Crippen molar-refractivity contribution >= 4 is 0 Å². The molecular weight excluding hydrogens is 367 g/mol. The van der Waals surface area contributed by atoms with Crippen LogP contribution in [0.1, 0.15) is 147 Å². The van der Waals surface area contributed by atoms with Gasteiger partial charge in [-0.1, -0.05) is 122 Å². The fourth-order valence-electron chi connectivity index (χ4n) is 5.32. The van der Waals surface area contributed by atoms with Crippen LogP contribution in [0, 0.1) is 11.7 Å². The normalized spacial score (nSPS) is 19.3. The molecule has 172 valence electrons. The molecule has 0 radical (unpaired) electrons. The highest BCUT2D eigenvalue weighted by atomic mass is 19.1. The lowest BCUT2D eigenvalue weighted by atomic mass is 9.77. The summed E-state index contributed by atoms with van der Waals surface area (Å²) in [6.45, 7) is 2.30. The van der Waals surface area contributed by atoms with Crippen LogP contribution < -0.4 is 0 Å². The zero-order valence-electron chi connectivity index (χ0n) is 20.0. The Morgan fingerprint density at radius 3 is 1.50 bits per heavy atom. The van der Waals surface area contributed by atoms with Gasteiger partial charge in [0.25, 0.3) is 0 Å². The first-order chi connectivity index (χ1) is 14.8. The molecule has 0 aliphatic heterocycles. The van der Waals surface area contributed by atoms with Gasteiger partial charge in [0.2, 0.25) is 0 Å². The fraction of sp³-hybridized carbons (Fsp3) is 0.793. The van der Waals surface area contributed by atoms with Crippen molar-refractivity contribution in [3.05, 3.63) is 35.6 Å². The van der Waals surface area contributed by atoms with Crippen molar-refractivity contribution in [2.45, 2.75) is 141 Å². The van der Waals surface area contributed by atoms with Crippen molar-refractivity contribution in [1.29, 1.82) is 0 Å². The number of hydrogen-bond acceptors (Lipinski definition) is 0. The number of benzene rings is 1. The van der Waals surface area contributed by atoms with Crippen molar-refractivity contribution in [2.75, 3.05) is 0 Å². The summed E-state index contributed by atoms with van der Waals surface area (Å²) in [6, 6.07) is 7.23. The Morgan fingerprint density at radius 2 is 1.03 bits per heavy atom. The third-order valence-electron chi connectivity index (χ3n) is 7.40. The lowest BCUT2D eigenvalue weighted by Gasteiger charge is -2.28. The van der Waals surface area contributed by atoms with E-state index in [2.05, 4.69) is 6.92 Å². The van der Waals surface area contributed by atoms with E-state index >= 15 is 0 Å². The Hall–Kier alpha value is -0.850. The fourth-order valence-corrected chi connectivity index (χ4v) is 5.32. The van der Waals surface area contributed by atoms with Crippen LogP contribution in [0.5, 0.6) is 0 Å². The number of halogens is 1. The van der Waals surface area contributed by atoms with E-state index in [1.54, 1.807) is 12.1 Å². The third-order valence-corrected chi connectivity index (χ3v) is 7.40. The average Bonchev–Trinajstić information content (AvgIpc) is 2.77. The minimum absolute atomic E-state index is 0.111. The highest BCUT2D eigenvalue weighted by Gasteiger charge is 2.21. The second kappa shape index (κ2) is 16.8. The molecule has 0 bridgehead atoms. The quantitative estimate of drug-likeness (QED) is 0.221. The van der Waals surface area contributed by atoms with Gasteiger partial charge in [0.05, 0.1) is 0 Å². The smallest absolute Gasteiger partial charge is 0.123 e. The third kappa shape index (κ3) is 11.5. The molecule has 0 atom stereocenters. The molecule has 0 N–H and O–H groups in total. The molecule has 0 saturated heterocycles. The van der Waals surface area contributed by atoms with E-state index in [4.69, 9.17) is 0 Å². The molecule has 0 heterocycles. The van der Waals surface area contributed by atoms with Crippen molar-refractivity contribution in [3.8, 4) is 0 Å². The minimum Gasteiger partial charge on any atom is -0.207 e. The topological polar surface area (TPSA) is 0 Å². The molecule has 0 spiro atoms. The van der Waals surface area contributed by atoms with Crippen LogP contribution >= 0.6 is 0 Å². The second-order valence-electron chi connectivity index (χ2n) is 10.0. The maximum atomic E-state index is 13.1. The van der Waals surface area contributed by atoms with Gasteiger partial charge in [-0.15, -0.1) is 0 Å². The maximum absolute atomic E-state index is 13.1. The lowest BCUT2D eigenvalue weighted by Crippen LogP contribution is -2.13. The molecule has 1 aromatic rings. The predicted molar refractivity (Wildman–Crippen MR) is 131 cm³/mol. The Bertz CT molecular complexity index is 498. The molecule has 1 aromatic carbocycles.